The highest BCUT2D eigenvalue weighted by atomic mass is 35.5. The van der Waals surface area contributed by atoms with E-state index in [4.69, 9.17) is 34.8 Å². The summed E-state index contributed by atoms with van der Waals surface area (Å²) < 4.78 is 0. The third-order valence-corrected chi connectivity index (χ3v) is 6.37. The second kappa shape index (κ2) is 11.2. The molecule has 0 saturated carbocycles. The van der Waals surface area contributed by atoms with Gasteiger partial charge in [0.15, 0.2) is 0 Å². The van der Waals surface area contributed by atoms with Crippen LogP contribution in [0.5, 0.6) is 0 Å². The highest BCUT2D eigenvalue weighted by Gasteiger charge is 2.06. The minimum absolute atomic E-state index is 0.0356. The molecule has 134 valence electrons. The fourth-order valence-corrected chi connectivity index (χ4v) is 4.77. The molecular weight excluding hydrogens is 417 g/mol. The maximum absolute atomic E-state index is 11.8. The van der Waals surface area contributed by atoms with E-state index in [1.165, 1.54) is 0 Å². The number of hydrogen-bond acceptors (Lipinski definition) is 3. The van der Waals surface area contributed by atoms with Crippen molar-refractivity contribution in [1.29, 1.82) is 0 Å². The molecule has 2 nitrogen and oxygen atoms in total. The topological polar surface area (TPSA) is 29.1 Å². The van der Waals surface area contributed by atoms with Gasteiger partial charge in [-0.15, -0.1) is 11.8 Å². The number of nitrogens with one attached hydrogen (secondary N) is 1. The molecule has 0 aliphatic rings. The molecule has 0 bridgehead atoms. The van der Waals surface area contributed by atoms with Crippen LogP contribution in [0.2, 0.25) is 15.1 Å². The van der Waals surface area contributed by atoms with Gasteiger partial charge in [-0.1, -0.05) is 59.1 Å². The first-order valence-corrected chi connectivity index (χ1v) is 11.1. The van der Waals surface area contributed by atoms with Crippen molar-refractivity contribution in [2.45, 2.75) is 11.5 Å². The SMILES string of the molecule is O=C(CSCc1ccccc1Cl)NCCSCc1c(Cl)cccc1Cl. The number of rotatable bonds is 9. The van der Waals surface area contributed by atoms with Gasteiger partial charge in [-0.25, -0.2) is 0 Å². The Morgan fingerprint density at radius 2 is 1.56 bits per heavy atom. The fourth-order valence-electron chi connectivity index (χ4n) is 2.03. The van der Waals surface area contributed by atoms with Gasteiger partial charge in [0.25, 0.3) is 0 Å². The van der Waals surface area contributed by atoms with Gasteiger partial charge < -0.3 is 5.32 Å². The molecule has 0 aliphatic carbocycles. The predicted octanol–water partition coefficient (Wildman–Crippen LogP) is 5.93. The van der Waals surface area contributed by atoms with Gasteiger partial charge in [-0.2, -0.15) is 11.8 Å². The number of amides is 1. The summed E-state index contributed by atoms with van der Waals surface area (Å²) in [5.41, 5.74) is 1.99. The number of hydrogen-bond donors (Lipinski definition) is 1. The summed E-state index contributed by atoms with van der Waals surface area (Å²) in [5, 5.41) is 5.02. The Balaban J connectivity index is 1.59. The van der Waals surface area contributed by atoms with Crippen molar-refractivity contribution in [2.24, 2.45) is 0 Å². The Bertz CT molecular complexity index is 692. The van der Waals surface area contributed by atoms with Crippen molar-refractivity contribution in [1.82, 2.24) is 5.32 Å². The standard InChI is InChI=1S/C18H18Cl3NOS2/c19-15-5-2-1-4-13(15)10-25-12-18(23)22-8-9-24-11-14-16(20)6-3-7-17(14)21/h1-7H,8-12H2,(H,22,23). The third kappa shape index (κ3) is 7.32. The van der Waals surface area contributed by atoms with Crippen molar-refractivity contribution in [3.8, 4) is 0 Å². The summed E-state index contributed by atoms with van der Waals surface area (Å²) >= 11 is 21.6. The second-order valence-electron chi connectivity index (χ2n) is 5.19. The maximum Gasteiger partial charge on any atom is 0.230 e. The smallest absolute Gasteiger partial charge is 0.230 e. The van der Waals surface area contributed by atoms with E-state index in [0.29, 0.717) is 22.3 Å². The third-order valence-electron chi connectivity index (χ3n) is 3.33. The van der Waals surface area contributed by atoms with Gasteiger partial charge in [-0.05, 0) is 29.3 Å². The first kappa shape index (κ1) is 20.8. The van der Waals surface area contributed by atoms with Crippen LogP contribution in [0.1, 0.15) is 11.1 Å². The molecule has 7 heteroatoms. The van der Waals surface area contributed by atoms with E-state index in [1.807, 2.05) is 42.5 Å². The molecule has 25 heavy (non-hydrogen) atoms. The van der Waals surface area contributed by atoms with Gasteiger partial charge in [-0.3, -0.25) is 4.79 Å². The average Bonchev–Trinajstić information content (AvgIpc) is 2.58. The van der Waals surface area contributed by atoms with Crippen LogP contribution in [0.25, 0.3) is 0 Å². The van der Waals surface area contributed by atoms with Crippen molar-refractivity contribution < 1.29 is 4.79 Å². The monoisotopic (exact) mass is 433 g/mol. The van der Waals surface area contributed by atoms with E-state index in [-0.39, 0.29) is 5.91 Å². The first-order valence-electron chi connectivity index (χ1n) is 7.66. The van der Waals surface area contributed by atoms with E-state index >= 15 is 0 Å². The van der Waals surface area contributed by atoms with Gasteiger partial charge in [0, 0.05) is 38.9 Å². The van der Waals surface area contributed by atoms with E-state index < -0.39 is 0 Å². The summed E-state index contributed by atoms with van der Waals surface area (Å²) in [7, 11) is 0. The minimum Gasteiger partial charge on any atom is -0.355 e. The Hall–Kier alpha value is -0.520. The number of carbonyl (C=O) groups excluding carboxylic acids is 1. The van der Waals surface area contributed by atoms with E-state index in [9.17, 15) is 4.79 Å². The molecule has 0 radical (unpaired) electrons. The lowest BCUT2D eigenvalue weighted by Crippen LogP contribution is -2.27. The number of thioether (sulfide) groups is 2. The summed E-state index contributed by atoms with van der Waals surface area (Å²) in [4.78, 5) is 11.8. The predicted molar refractivity (Wildman–Crippen MR) is 113 cm³/mol. The van der Waals surface area contributed by atoms with Gasteiger partial charge in [0.1, 0.15) is 0 Å². The summed E-state index contributed by atoms with van der Waals surface area (Å²) in [5.74, 6) is 2.73. The van der Waals surface area contributed by atoms with Crippen molar-refractivity contribution in [2.75, 3.05) is 18.1 Å². The molecule has 0 heterocycles. The first-order chi connectivity index (χ1) is 12.1. The van der Waals surface area contributed by atoms with Crippen molar-refractivity contribution >= 4 is 64.2 Å². The summed E-state index contributed by atoms with van der Waals surface area (Å²) in [6.45, 7) is 0.623. The van der Waals surface area contributed by atoms with Gasteiger partial charge in [0.05, 0.1) is 5.75 Å². The molecule has 0 spiro atoms. The summed E-state index contributed by atoms with van der Waals surface area (Å²) in [6, 6.07) is 13.2. The van der Waals surface area contributed by atoms with E-state index in [0.717, 1.165) is 33.4 Å². The fraction of sp³-hybridized carbons (Fsp3) is 0.278. The Labute approximate surface area is 172 Å². The molecule has 0 unspecified atom stereocenters. The molecule has 0 fully saturated rings. The van der Waals surface area contributed by atoms with Crippen molar-refractivity contribution in [3.05, 3.63) is 68.7 Å². The molecule has 1 amide bonds. The average molecular weight is 435 g/mol. The molecule has 2 aromatic carbocycles. The number of benzene rings is 2. The van der Waals surface area contributed by atoms with Crippen LogP contribution in [0.4, 0.5) is 0 Å². The van der Waals surface area contributed by atoms with Crippen molar-refractivity contribution in [3.63, 3.8) is 0 Å². The van der Waals surface area contributed by atoms with E-state index in [1.54, 1.807) is 23.5 Å². The summed E-state index contributed by atoms with van der Waals surface area (Å²) in [6.07, 6.45) is 0. The minimum atomic E-state index is 0.0356. The molecule has 0 atom stereocenters. The Morgan fingerprint density at radius 3 is 2.28 bits per heavy atom. The molecular formula is C18H18Cl3NOS2. The molecule has 2 rings (SSSR count). The van der Waals surface area contributed by atoms with Crippen LogP contribution in [-0.4, -0.2) is 24.0 Å². The lowest BCUT2D eigenvalue weighted by molar-refractivity contribution is -0.118. The Kier molecular flexibility index (Phi) is 9.35. The lowest BCUT2D eigenvalue weighted by atomic mass is 10.2. The van der Waals surface area contributed by atoms with Gasteiger partial charge >= 0.3 is 0 Å². The zero-order chi connectivity index (χ0) is 18.1. The molecule has 1 N–H and O–H groups in total. The Morgan fingerprint density at radius 1 is 0.880 bits per heavy atom. The van der Waals surface area contributed by atoms with Crippen LogP contribution in [0.3, 0.4) is 0 Å². The van der Waals surface area contributed by atoms with E-state index in [2.05, 4.69) is 5.32 Å². The molecule has 0 aromatic heterocycles. The molecule has 0 saturated heterocycles. The second-order valence-corrected chi connectivity index (χ2v) is 8.50. The number of carbonyl (C=O) groups is 1. The highest BCUT2D eigenvalue weighted by Crippen LogP contribution is 2.28. The highest BCUT2D eigenvalue weighted by molar-refractivity contribution is 7.99. The van der Waals surface area contributed by atoms with Crippen LogP contribution in [0, 0.1) is 0 Å². The van der Waals surface area contributed by atoms with Gasteiger partial charge in [0.2, 0.25) is 5.91 Å². The quantitative estimate of drug-likeness (QED) is 0.496. The van der Waals surface area contributed by atoms with Crippen LogP contribution < -0.4 is 5.32 Å². The molecule has 0 aliphatic heterocycles. The zero-order valence-corrected chi connectivity index (χ0v) is 17.3. The lowest BCUT2D eigenvalue weighted by Gasteiger charge is -2.08. The number of halogens is 3. The van der Waals surface area contributed by atoms with Crippen LogP contribution in [0.15, 0.2) is 42.5 Å². The van der Waals surface area contributed by atoms with Crippen LogP contribution in [-0.2, 0) is 16.3 Å². The normalized spacial score (nSPS) is 10.7. The largest absolute Gasteiger partial charge is 0.355 e. The molecule has 2 aromatic rings. The zero-order valence-electron chi connectivity index (χ0n) is 13.4. The maximum atomic E-state index is 11.8. The van der Waals surface area contributed by atoms with Crippen LogP contribution >= 0.6 is 58.3 Å².